The molecular weight excluding hydrogens is 294 g/mol. The molecule has 0 fully saturated rings. The third-order valence-electron chi connectivity index (χ3n) is 3.44. The van der Waals surface area contributed by atoms with Crippen LogP contribution in [0.3, 0.4) is 0 Å². The van der Waals surface area contributed by atoms with Crippen LogP contribution in [0.2, 0.25) is 5.02 Å². The number of halogens is 1. The number of ether oxygens (including phenoxy) is 1. The lowest BCUT2D eigenvalue weighted by atomic mass is 9.89. The molecule has 0 aliphatic heterocycles. The summed E-state index contributed by atoms with van der Waals surface area (Å²) >= 11 is 5.93. The van der Waals surface area contributed by atoms with Gasteiger partial charge in [0.05, 0.1) is 17.0 Å². The maximum atomic E-state index is 12.0. The lowest BCUT2D eigenvalue weighted by Crippen LogP contribution is -2.50. The summed E-state index contributed by atoms with van der Waals surface area (Å²) in [7, 11) is 0. The van der Waals surface area contributed by atoms with E-state index in [-0.39, 0.29) is 18.9 Å². The van der Waals surface area contributed by atoms with E-state index in [2.05, 4.69) is 5.32 Å². The average molecular weight is 314 g/mol. The molecule has 0 aromatic heterocycles. The molecule has 1 aromatic carbocycles. The molecule has 116 valence electrons. The number of nitrogens with one attached hydrogen (secondary N) is 1. The molecule has 0 bridgehead atoms. The number of carboxylic acid groups (broad SMARTS) is 1. The van der Waals surface area contributed by atoms with Crippen molar-refractivity contribution in [3.63, 3.8) is 0 Å². The van der Waals surface area contributed by atoms with Gasteiger partial charge in [-0.05, 0) is 25.0 Å². The molecule has 1 rings (SSSR count). The number of amides is 1. The SMILES string of the molecule is CCC(CC)(CC(=O)O)NC(=O)COc1ccccc1Cl. The van der Waals surface area contributed by atoms with Crippen molar-refractivity contribution < 1.29 is 19.4 Å². The fourth-order valence-electron chi connectivity index (χ4n) is 2.05. The molecule has 0 heterocycles. The first-order valence-electron chi connectivity index (χ1n) is 6.82. The van der Waals surface area contributed by atoms with E-state index in [1.54, 1.807) is 24.3 Å². The van der Waals surface area contributed by atoms with E-state index in [0.717, 1.165) is 0 Å². The van der Waals surface area contributed by atoms with E-state index < -0.39 is 11.5 Å². The zero-order valence-electron chi connectivity index (χ0n) is 12.2. The van der Waals surface area contributed by atoms with Crippen LogP contribution >= 0.6 is 11.6 Å². The van der Waals surface area contributed by atoms with Gasteiger partial charge in [0.25, 0.3) is 5.91 Å². The molecule has 0 spiro atoms. The van der Waals surface area contributed by atoms with Gasteiger partial charge in [-0.1, -0.05) is 37.6 Å². The molecule has 1 aromatic rings. The van der Waals surface area contributed by atoms with Crippen molar-refractivity contribution in [3.05, 3.63) is 29.3 Å². The summed E-state index contributed by atoms with van der Waals surface area (Å²) in [6.45, 7) is 3.49. The van der Waals surface area contributed by atoms with Gasteiger partial charge < -0.3 is 15.2 Å². The first kappa shape index (κ1) is 17.3. The monoisotopic (exact) mass is 313 g/mol. The molecule has 0 aliphatic carbocycles. The number of benzene rings is 1. The van der Waals surface area contributed by atoms with Crippen molar-refractivity contribution in [2.45, 2.75) is 38.6 Å². The Morgan fingerprint density at radius 3 is 2.43 bits per heavy atom. The maximum Gasteiger partial charge on any atom is 0.305 e. The van der Waals surface area contributed by atoms with Crippen LogP contribution in [0, 0.1) is 0 Å². The summed E-state index contributed by atoms with van der Waals surface area (Å²) in [6.07, 6.45) is 0.957. The first-order valence-corrected chi connectivity index (χ1v) is 7.20. The second kappa shape index (κ2) is 7.88. The predicted octanol–water partition coefficient (Wildman–Crippen LogP) is 2.87. The van der Waals surface area contributed by atoms with E-state index in [0.29, 0.717) is 23.6 Å². The van der Waals surface area contributed by atoms with Gasteiger partial charge in [0.2, 0.25) is 0 Å². The maximum absolute atomic E-state index is 12.0. The van der Waals surface area contributed by atoms with Gasteiger partial charge in [0.1, 0.15) is 5.75 Å². The Morgan fingerprint density at radius 1 is 1.29 bits per heavy atom. The lowest BCUT2D eigenvalue weighted by molar-refractivity contribution is -0.139. The molecule has 1 amide bonds. The lowest BCUT2D eigenvalue weighted by Gasteiger charge is -2.31. The van der Waals surface area contributed by atoms with E-state index in [1.165, 1.54) is 0 Å². The van der Waals surface area contributed by atoms with Crippen molar-refractivity contribution >= 4 is 23.5 Å². The number of hydrogen-bond donors (Lipinski definition) is 2. The van der Waals surface area contributed by atoms with Gasteiger partial charge >= 0.3 is 5.97 Å². The molecule has 21 heavy (non-hydrogen) atoms. The summed E-state index contributed by atoms with van der Waals surface area (Å²) in [4.78, 5) is 22.9. The van der Waals surface area contributed by atoms with Crippen LogP contribution in [0.1, 0.15) is 33.1 Å². The van der Waals surface area contributed by atoms with Crippen molar-refractivity contribution in [2.75, 3.05) is 6.61 Å². The number of para-hydroxylation sites is 1. The van der Waals surface area contributed by atoms with Crippen LogP contribution in [0.25, 0.3) is 0 Å². The van der Waals surface area contributed by atoms with Crippen LogP contribution in [-0.4, -0.2) is 29.1 Å². The largest absolute Gasteiger partial charge is 0.482 e. The van der Waals surface area contributed by atoms with Crippen molar-refractivity contribution in [3.8, 4) is 5.75 Å². The van der Waals surface area contributed by atoms with Gasteiger partial charge in [-0.25, -0.2) is 0 Å². The van der Waals surface area contributed by atoms with E-state index >= 15 is 0 Å². The van der Waals surface area contributed by atoms with Crippen LogP contribution < -0.4 is 10.1 Å². The molecule has 2 N–H and O–H groups in total. The second-order valence-corrected chi connectivity index (χ2v) is 5.23. The smallest absolute Gasteiger partial charge is 0.305 e. The molecule has 0 saturated carbocycles. The molecule has 5 nitrogen and oxygen atoms in total. The van der Waals surface area contributed by atoms with Gasteiger partial charge in [0.15, 0.2) is 6.61 Å². The first-order chi connectivity index (χ1) is 9.92. The second-order valence-electron chi connectivity index (χ2n) is 4.83. The minimum absolute atomic E-state index is 0.113. The molecule has 0 unspecified atom stereocenters. The Bertz CT molecular complexity index is 500. The third-order valence-corrected chi connectivity index (χ3v) is 3.76. The number of rotatable bonds is 8. The summed E-state index contributed by atoms with van der Waals surface area (Å²) in [5.41, 5.74) is -0.743. The topological polar surface area (TPSA) is 75.6 Å². The van der Waals surface area contributed by atoms with E-state index in [4.69, 9.17) is 21.4 Å². The number of carbonyl (C=O) groups excluding carboxylic acids is 1. The highest BCUT2D eigenvalue weighted by Gasteiger charge is 2.31. The van der Waals surface area contributed by atoms with Crippen LogP contribution in [0.15, 0.2) is 24.3 Å². The molecule has 0 radical (unpaired) electrons. The predicted molar refractivity (Wildman–Crippen MR) is 80.7 cm³/mol. The minimum atomic E-state index is -0.939. The zero-order valence-corrected chi connectivity index (χ0v) is 12.9. The normalized spacial score (nSPS) is 11.0. The summed E-state index contributed by atoms with van der Waals surface area (Å²) < 4.78 is 5.35. The quantitative estimate of drug-likeness (QED) is 0.774. The van der Waals surface area contributed by atoms with Crippen LogP contribution in [0.5, 0.6) is 5.75 Å². The molecular formula is C15H20ClNO4. The minimum Gasteiger partial charge on any atom is -0.482 e. The van der Waals surface area contributed by atoms with Crippen LogP contribution in [0.4, 0.5) is 0 Å². The van der Waals surface area contributed by atoms with Crippen molar-refractivity contribution in [2.24, 2.45) is 0 Å². The van der Waals surface area contributed by atoms with Gasteiger partial charge in [-0.15, -0.1) is 0 Å². The fraction of sp³-hybridized carbons (Fsp3) is 0.467. The number of carboxylic acids is 1. The molecule has 0 aliphatic rings. The van der Waals surface area contributed by atoms with E-state index in [1.807, 2.05) is 13.8 Å². The number of carbonyl (C=O) groups is 2. The Kier molecular flexibility index (Phi) is 6.49. The summed E-state index contributed by atoms with van der Waals surface area (Å²) in [5, 5.41) is 12.2. The summed E-state index contributed by atoms with van der Waals surface area (Å²) in [5.74, 6) is -0.878. The Morgan fingerprint density at radius 2 is 1.90 bits per heavy atom. The highest BCUT2D eigenvalue weighted by molar-refractivity contribution is 6.32. The van der Waals surface area contributed by atoms with Crippen molar-refractivity contribution in [1.29, 1.82) is 0 Å². The zero-order chi connectivity index (χ0) is 15.9. The average Bonchev–Trinajstić information content (AvgIpc) is 2.45. The number of hydrogen-bond acceptors (Lipinski definition) is 3. The molecule has 0 atom stereocenters. The Balaban J connectivity index is 2.62. The van der Waals surface area contributed by atoms with Gasteiger partial charge in [0, 0.05) is 0 Å². The fourth-order valence-corrected chi connectivity index (χ4v) is 2.24. The van der Waals surface area contributed by atoms with E-state index in [9.17, 15) is 9.59 Å². The van der Waals surface area contributed by atoms with Crippen molar-refractivity contribution in [1.82, 2.24) is 5.32 Å². The third kappa shape index (κ3) is 5.27. The number of aliphatic carboxylic acids is 1. The standard InChI is InChI=1S/C15H20ClNO4/c1-3-15(4-2,9-14(19)20)17-13(18)10-21-12-8-6-5-7-11(12)16/h5-8H,3-4,9-10H2,1-2H3,(H,17,18)(H,19,20). The highest BCUT2D eigenvalue weighted by atomic mass is 35.5. The Hall–Kier alpha value is -1.75. The van der Waals surface area contributed by atoms with Gasteiger partial charge in [-0.3, -0.25) is 9.59 Å². The summed E-state index contributed by atoms with van der Waals surface area (Å²) in [6, 6.07) is 6.86. The Labute approximate surface area is 129 Å². The van der Waals surface area contributed by atoms with Crippen LogP contribution in [-0.2, 0) is 9.59 Å². The molecule has 6 heteroatoms. The molecule has 0 saturated heterocycles. The van der Waals surface area contributed by atoms with Gasteiger partial charge in [-0.2, -0.15) is 0 Å². The highest BCUT2D eigenvalue weighted by Crippen LogP contribution is 2.23.